The lowest BCUT2D eigenvalue weighted by Gasteiger charge is -2.22. The fraction of sp³-hybridized carbons (Fsp3) is 0.333. The SMILES string of the molecule is CCC(=O)N1c2ccc(S(=O)(=O)CCC(=O)Nc3ccc(F)cc3F)cc2C[C@H]1C. The van der Waals surface area contributed by atoms with Crippen LogP contribution in [-0.2, 0) is 25.8 Å². The lowest BCUT2D eigenvalue weighted by atomic mass is 10.1. The van der Waals surface area contributed by atoms with E-state index in [1.165, 1.54) is 6.07 Å². The van der Waals surface area contributed by atoms with Crippen molar-refractivity contribution in [2.75, 3.05) is 16.0 Å². The van der Waals surface area contributed by atoms with Gasteiger partial charge in [0.05, 0.1) is 16.3 Å². The van der Waals surface area contributed by atoms with Crippen molar-refractivity contribution in [1.29, 1.82) is 0 Å². The van der Waals surface area contributed by atoms with Crippen molar-refractivity contribution >= 4 is 33.0 Å². The molecule has 0 fully saturated rings. The highest BCUT2D eigenvalue weighted by atomic mass is 32.2. The van der Waals surface area contributed by atoms with Crippen LogP contribution in [0.15, 0.2) is 41.3 Å². The lowest BCUT2D eigenvalue weighted by molar-refractivity contribution is -0.118. The number of carbonyl (C=O) groups is 2. The van der Waals surface area contributed by atoms with Gasteiger partial charge in [0.25, 0.3) is 0 Å². The van der Waals surface area contributed by atoms with Gasteiger partial charge >= 0.3 is 0 Å². The molecule has 0 bridgehead atoms. The monoisotopic (exact) mass is 436 g/mol. The van der Waals surface area contributed by atoms with Crippen molar-refractivity contribution in [2.24, 2.45) is 0 Å². The van der Waals surface area contributed by atoms with Gasteiger partial charge in [-0.15, -0.1) is 0 Å². The Morgan fingerprint density at radius 1 is 1.17 bits per heavy atom. The maximum absolute atomic E-state index is 13.6. The maximum Gasteiger partial charge on any atom is 0.226 e. The molecule has 0 aromatic heterocycles. The summed E-state index contributed by atoms with van der Waals surface area (Å²) in [7, 11) is -3.76. The Bertz CT molecular complexity index is 1100. The van der Waals surface area contributed by atoms with Crippen molar-refractivity contribution in [1.82, 2.24) is 0 Å². The first-order valence-corrected chi connectivity index (χ1v) is 11.2. The molecule has 2 aromatic rings. The van der Waals surface area contributed by atoms with E-state index in [1.54, 1.807) is 24.0 Å². The van der Waals surface area contributed by atoms with E-state index >= 15 is 0 Å². The first kappa shape index (κ1) is 21.9. The zero-order valence-corrected chi connectivity index (χ0v) is 17.4. The number of sulfone groups is 1. The number of benzene rings is 2. The smallest absolute Gasteiger partial charge is 0.226 e. The highest BCUT2D eigenvalue weighted by Gasteiger charge is 2.31. The van der Waals surface area contributed by atoms with E-state index in [4.69, 9.17) is 0 Å². The van der Waals surface area contributed by atoms with Crippen LogP contribution in [0, 0.1) is 11.6 Å². The van der Waals surface area contributed by atoms with Gasteiger partial charge in [-0.25, -0.2) is 17.2 Å². The Kier molecular flexibility index (Phi) is 6.21. The van der Waals surface area contributed by atoms with E-state index in [2.05, 4.69) is 5.32 Å². The number of hydrogen-bond donors (Lipinski definition) is 1. The summed E-state index contributed by atoms with van der Waals surface area (Å²) in [6, 6.07) is 7.23. The molecule has 2 amide bonds. The first-order chi connectivity index (χ1) is 14.1. The number of anilines is 2. The minimum absolute atomic E-state index is 0.0263. The van der Waals surface area contributed by atoms with Crippen LogP contribution in [0.25, 0.3) is 0 Å². The molecule has 30 heavy (non-hydrogen) atoms. The Morgan fingerprint density at radius 2 is 1.90 bits per heavy atom. The third-order valence-electron chi connectivity index (χ3n) is 5.00. The van der Waals surface area contributed by atoms with E-state index in [-0.39, 0.29) is 29.0 Å². The molecule has 1 N–H and O–H groups in total. The van der Waals surface area contributed by atoms with Gasteiger partial charge in [0.2, 0.25) is 11.8 Å². The molecule has 0 saturated carbocycles. The predicted octanol–water partition coefficient (Wildman–Crippen LogP) is 3.45. The molecular weight excluding hydrogens is 414 g/mol. The number of halogens is 2. The van der Waals surface area contributed by atoms with Crippen molar-refractivity contribution in [3.05, 3.63) is 53.6 Å². The summed E-state index contributed by atoms with van der Waals surface area (Å²) in [6.07, 6.45) is 0.523. The van der Waals surface area contributed by atoms with Crippen molar-refractivity contribution in [3.63, 3.8) is 0 Å². The second-order valence-electron chi connectivity index (χ2n) is 7.20. The Labute approximate surface area is 173 Å². The van der Waals surface area contributed by atoms with Gasteiger partial charge in [-0.05, 0) is 49.2 Å². The van der Waals surface area contributed by atoms with Crippen LogP contribution in [0.3, 0.4) is 0 Å². The van der Waals surface area contributed by atoms with Crippen molar-refractivity contribution < 1.29 is 26.8 Å². The van der Waals surface area contributed by atoms with Gasteiger partial charge in [-0.2, -0.15) is 0 Å². The highest BCUT2D eigenvalue weighted by Crippen LogP contribution is 2.34. The topological polar surface area (TPSA) is 83.6 Å². The molecule has 0 aliphatic carbocycles. The zero-order valence-electron chi connectivity index (χ0n) is 16.6. The van der Waals surface area contributed by atoms with E-state index < -0.39 is 33.1 Å². The maximum atomic E-state index is 13.6. The molecule has 160 valence electrons. The fourth-order valence-electron chi connectivity index (χ4n) is 3.50. The van der Waals surface area contributed by atoms with Crippen LogP contribution in [0.1, 0.15) is 32.3 Å². The Morgan fingerprint density at radius 3 is 2.57 bits per heavy atom. The summed E-state index contributed by atoms with van der Waals surface area (Å²) in [5, 5.41) is 2.24. The van der Waals surface area contributed by atoms with Gasteiger partial charge in [-0.3, -0.25) is 9.59 Å². The first-order valence-electron chi connectivity index (χ1n) is 9.55. The van der Waals surface area contributed by atoms with Gasteiger partial charge in [0.1, 0.15) is 11.6 Å². The molecule has 0 saturated heterocycles. The minimum atomic E-state index is -3.76. The van der Waals surface area contributed by atoms with E-state index in [1.807, 2.05) is 6.92 Å². The average Bonchev–Trinajstić information content (AvgIpc) is 3.03. The predicted molar refractivity (Wildman–Crippen MR) is 109 cm³/mol. The molecule has 1 atom stereocenters. The molecule has 2 aromatic carbocycles. The van der Waals surface area contributed by atoms with Crippen LogP contribution in [0.5, 0.6) is 0 Å². The highest BCUT2D eigenvalue weighted by molar-refractivity contribution is 7.91. The standard InChI is InChI=1S/C21H22F2N2O4S/c1-3-21(27)25-13(2)10-14-11-16(5-7-19(14)25)30(28,29)9-8-20(26)24-18-6-4-15(22)12-17(18)23/h4-7,11-13H,3,8-10H2,1-2H3,(H,24,26)/t13-/m1/s1. The van der Waals surface area contributed by atoms with Crippen LogP contribution in [0.4, 0.5) is 20.2 Å². The molecule has 1 heterocycles. The molecule has 9 heteroatoms. The molecule has 1 aliphatic rings. The average molecular weight is 436 g/mol. The molecule has 6 nitrogen and oxygen atoms in total. The summed E-state index contributed by atoms with van der Waals surface area (Å²) in [4.78, 5) is 25.9. The number of hydrogen-bond acceptors (Lipinski definition) is 4. The molecule has 1 aliphatic heterocycles. The second-order valence-corrected chi connectivity index (χ2v) is 9.31. The number of carbonyl (C=O) groups excluding carboxylic acids is 2. The van der Waals surface area contributed by atoms with E-state index in [9.17, 15) is 26.8 Å². The largest absolute Gasteiger partial charge is 0.324 e. The van der Waals surface area contributed by atoms with Gasteiger partial charge < -0.3 is 10.2 Å². The Hall–Kier alpha value is -2.81. The third kappa shape index (κ3) is 4.51. The summed E-state index contributed by atoms with van der Waals surface area (Å²) >= 11 is 0. The molecule has 3 rings (SSSR count). The van der Waals surface area contributed by atoms with Crippen molar-refractivity contribution in [3.8, 4) is 0 Å². The normalized spacial score (nSPS) is 15.7. The summed E-state index contributed by atoms with van der Waals surface area (Å²) in [5.41, 5.74) is 1.26. The van der Waals surface area contributed by atoms with E-state index in [0.29, 0.717) is 24.6 Å². The quantitative estimate of drug-likeness (QED) is 0.752. The lowest BCUT2D eigenvalue weighted by Crippen LogP contribution is -2.35. The second kappa shape index (κ2) is 8.51. The van der Waals surface area contributed by atoms with Crippen LogP contribution >= 0.6 is 0 Å². The van der Waals surface area contributed by atoms with Crippen LogP contribution in [0.2, 0.25) is 0 Å². The number of rotatable bonds is 6. The van der Waals surface area contributed by atoms with Crippen LogP contribution in [-0.4, -0.2) is 32.0 Å². The molecule has 0 spiro atoms. The van der Waals surface area contributed by atoms with Gasteiger partial charge in [0, 0.05) is 30.6 Å². The fourth-order valence-corrected chi connectivity index (χ4v) is 4.79. The van der Waals surface area contributed by atoms with Gasteiger partial charge in [-0.1, -0.05) is 6.92 Å². The summed E-state index contributed by atoms with van der Waals surface area (Å²) < 4.78 is 51.9. The third-order valence-corrected chi connectivity index (χ3v) is 6.71. The molecular formula is C21H22F2N2O4S. The number of fused-ring (bicyclic) bond motifs is 1. The number of nitrogens with one attached hydrogen (secondary N) is 1. The minimum Gasteiger partial charge on any atom is -0.324 e. The molecule has 0 radical (unpaired) electrons. The number of amides is 2. The summed E-state index contributed by atoms with van der Waals surface area (Å²) in [5.74, 6) is -2.91. The van der Waals surface area contributed by atoms with E-state index in [0.717, 1.165) is 17.7 Å². The number of nitrogens with zero attached hydrogens (tertiary/aromatic N) is 1. The summed E-state index contributed by atoms with van der Waals surface area (Å²) in [6.45, 7) is 3.68. The van der Waals surface area contributed by atoms with Crippen LogP contribution < -0.4 is 10.2 Å². The van der Waals surface area contributed by atoms with Gasteiger partial charge in [0.15, 0.2) is 9.84 Å². The van der Waals surface area contributed by atoms with Crippen molar-refractivity contribution in [2.45, 2.75) is 44.0 Å². The zero-order chi connectivity index (χ0) is 22.1. The Balaban J connectivity index is 1.70. The molecule has 0 unspecified atom stereocenters.